The summed E-state index contributed by atoms with van der Waals surface area (Å²) in [5.74, 6) is -0.913. The number of benzene rings is 1. The van der Waals surface area contributed by atoms with Crippen LogP contribution in [0.3, 0.4) is 0 Å². The number of carbonyl (C=O) groups excluding carboxylic acids is 3. The van der Waals surface area contributed by atoms with Gasteiger partial charge in [0.25, 0.3) is 5.91 Å². The Kier molecular flexibility index (Phi) is 6.60. The lowest BCUT2D eigenvalue weighted by Crippen LogP contribution is -2.37. The van der Waals surface area contributed by atoms with Crippen LogP contribution < -0.4 is 5.32 Å². The zero-order valence-electron chi connectivity index (χ0n) is 16.1. The highest BCUT2D eigenvalue weighted by Gasteiger charge is 2.41. The van der Waals surface area contributed by atoms with Crippen LogP contribution in [-0.4, -0.2) is 52.4 Å². The molecule has 2 amide bonds. The number of carbonyl (C=O) groups is 3. The number of ether oxygens (including phenoxy) is 1. The van der Waals surface area contributed by atoms with Crippen LogP contribution in [0.5, 0.6) is 0 Å². The van der Waals surface area contributed by atoms with E-state index in [4.69, 9.17) is 17.0 Å². The molecule has 0 unspecified atom stereocenters. The van der Waals surface area contributed by atoms with E-state index in [1.807, 2.05) is 17.5 Å². The second-order valence-corrected chi connectivity index (χ2v) is 7.85. The van der Waals surface area contributed by atoms with Crippen molar-refractivity contribution in [2.24, 2.45) is 0 Å². The summed E-state index contributed by atoms with van der Waals surface area (Å²) in [6, 6.07) is 9.68. The molecule has 7 nitrogen and oxygen atoms in total. The van der Waals surface area contributed by atoms with E-state index in [-0.39, 0.29) is 18.2 Å². The molecule has 1 aliphatic heterocycles. The maximum atomic E-state index is 12.6. The van der Waals surface area contributed by atoms with Gasteiger partial charge in [0.15, 0.2) is 5.11 Å². The predicted molar refractivity (Wildman–Crippen MR) is 115 cm³/mol. The SMILES string of the molecule is CCOC(=O)c1ccc(NC(=O)C[C@H]2C(=O)N(C)C(=S)N2Cc2cccs2)cc1. The molecule has 0 bridgehead atoms. The van der Waals surface area contributed by atoms with Gasteiger partial charge in [0.05, 0.1) is 25.1 Å². The first-order valence-electron chi connectivity index (χ1n) is 9.08. The van der Waals surface area contributed by atoms with Crippen LogP contribution in [0.15, 0.2) is 41.8 Å². The van der Waals surface area contributed by atoms with Crippen molar-refractivity contribution in [2.75, 3.05) is 19.0 Å². The molecule has 2 aromatic rings. The Morgan fingerprint density at radius 2 is 1.97 bits per heavy atom. The van der Waals surface area contributed by atoms with Crippen LogP contribution in [0.2, 0.25) is 0 Å². The summed E-state index contributed by atoms with van der Waals surface area (Å²) in [5, 5.41) is 5.14. The van der Waals surface area contributed by atoms with Gasteiger partial charge in [-0.1, -0.05) is 6.07 Å². The molecular weight excluding hydrogens is 410 g/mol. The number of esters is 1. The van der Waals surface area contributed by atoms with Gasteiger partial charge in [-0.25, -0.2) is 4.79 Å². The fourth-order valence-corrected chi connectivity index (χ4v) is 4.00. The molecule has 1 fully saturated rings. The van der Waals surface area contributed by atoms with Crippen molar-refractivity contribution in [3.05, 3.63) is 52.2 Å². The standard InChI is InChI=1S/C20H21N3O4S2/c1-3-27-19(26)13-6-8-14(9-7-13)21-17(24)11-16-18(25)22(2)20(28)23(16)12-15-5-4-10-29-15/h4-10,16H,3,11-12H2,1-2H3,(H,21,24)/t16-/m0/s1. The molecule has 1 aliphatic rings. The van der Waals surface area contributed by atoms with Gasteiger partial charge in [0, 0.05) is 17.6 Å². The van der Waals surface area contributed by atoms with E-state index in [9.17, 15) is 14.4 Å². The molecule has 2 heterocycles. The van der Waals surface area contributed by atoms with E-state index < -0.39 is 12.0 Å². The van der Waals surface area contributed by atoms with E-state index in [1.54, 1.807) is 54.5 Å². The zero-order chi connectivity index (χ0) is 21.0. The van der Waals surface area contributed by atoms with Crippen molar-refractivity contribution in [1.29, 1.82) is 0 Å². The normalized spacial score (nSPS) is 16.3. The van der Waals surface area contributed by atoms with Crippen molar-refractivity contribution in [3.63, 3.8) is 0 Å². The monoisotopic (exact) mass is 431 g/mol. The molecule has 0 radical (unpaired) electrons. The Morgan fingerprint density at radius 1 is 1.24 bits per heavy atom. The van der Waals surface area contributed by atoms with Gasteiger partial charge >= 0.3 is 5.97 Å². The summed E-state index contributed by atoms with van der Waals surface area (Å²) in [7, 11) is 1.62. The largest absolute Gasteiger partial charge is 0.462 e. The molecule has 0 aliphatic carbocycles. The lowest BCUT2D eigenvalue weighted by molar-refractivity contribution is -0.130. The van der Waals surface area contributed by atoms with Gasteiger partial charge in [0.2, 0.25) is 5.91 Å². The molecule has 1 atom stereocenters. The maximum absolute atomic E-state index is 12.6. The van der Waals surface area contributed by atoms with Crippen LogP contribution in [0.1, 0.15) is 28.6 Å². The highest BCUT2D eigenvalue weighted by Crippen LogP contribution is 2.24. The number of amides is 2. The van der Waals surface area contributed by atoms with Crippen LogP contribution in [0.4, 0.5) is 5.69 Å². The third kappa shape index (κ3) is 4.80. The van der Waals surface area contributed by atoms with Gasteiger partial charge in [0.1, 0.15) is 6.04 Å². The van der Waals surface area contributed by atoms with E-state index in [1.165, 1.54) is 4.90 Å². The van der Waals surface area contributed by atoms with Gasteiger partial charge in [-0.05, 0) is 54.9 Å². The lowest BCUT2D eigenvalue weighted by Gasteiger charge is -2.22. The molecule has 29 heavy (non-hydrogen) atoms. The number of likely N-dealkylation sites (N-methyl/N-ethyl adjacent to an activating group) is 1. The number of nitrogens with one attached hydrogen (secondary N) is 1. The van der Waals surface area contributed by atoms with Crippen LogP contribution >= 0.6 is 23.6 Å². The van der Waals surface area contributed by atoms with Crippen molar-refractivity contribution in [3.8, 4) is 0 Å². The minimum atomic E-state index is -0.645. The molecule has 1 aromatic carbocycles. The Balaban J connectivity index is 1.65. The van der Waals surface area contributed by atoms with Crippen LogP contribution in [0, 0.1) is 0 Å². The smallest absolute Gasteiger partial charge is 0.338 e. The Hall–Kier alpha value is -2.78. The van der Waals surface area contributed by atoms with Crippen LogP contribution in [-0.2, 0) is 20.9 Å². The number of nitrogens with zero attached hydrogens (tertiary/aromatic N) is 2. The summed E-state index contributed by atoms with van der Waals surface area (Å²) in [6.07, 6.45) is -0.0195. The fourth-order valence-electron chi connectivity index (χ4n) is 3.01. The molecular formula is C20H21N3O4S2. The first kappa shape index (κ1) is 20.9. The summed E-state index contributed by atoms with van der Waals surface area (Å²) in [4.78, 5) is 41.1. The summed E-state index contributed by atoms with van der Waals surface area (Å²) in [5.41, 5.74) is 0.944. The second-order valence-electron chi connectivity index (χ2n) is 6.45. The summed E-state index contributed by atoms with van der Waals surface area (Å²) in [6.45, 7) is 2.52. The van der Waals surface area contributed by atoms with Gasteiger partial charge in [-0.2, -0.15) is 0 Å². The quantitative estimate of drug-likeness (QED) is 0.537. The molecule has 152 valence electrons. The van der Waals surface area contributed by atoms with Gasteiger partial charge < -0.3 is 15.0 Å². The number of thiocarbonyl (C=S) groups is 1. The molecule has 1 aromatic heterocycles. The Morgan fingerprint density at radius 3 is 2.59 bits per heavy atom. The number of rotatable bonds is 7. The van der Waals surface area contributed by atoms with Crippen LogP contribution in [0.25, 0.3) is 0 Å². The first-order valence-corrected chi connectivity index (χ1v) is 10.4. The molecule has 0 spiro atoms. The van der Waals surface area contributed by atoms with Crippen molar-refractivity contribution >= 4 is 52.1 Å². The second kappa shape index (κ2) is 9.15. The maximum Gasteiger partial charge on any atom is 0.338 e. The number of hydrogen-bond donors (Lipinski definition) is 1. The molecule has 0 saturated carbocycles. The lowest BCUT2D eigenvalue weighted by atomic mass is 10.1. The first-order chi connectivity index (χ1) is 13.9. The van der Waals surface area contributed by atoms with E-state index >= 15 is 0 Å². The van der Waals surface area contributed by atoms with Crippen molar-refractivity contribution in [1.82, 2.24) is 9.80 Å². The van der Waals surface area contributed by atoms with Crippen molar-refractivity contribution in [2.45, 2.75) is 25.9 Å². The highest BCUT2D eigenvalue weighted by atomic mass is 32.1. The fraction of sp³-hybridized carbons (Fsp3) is 0.300. The number of anilines is 1. The molecule has 3 rings (SSSR count). The predicted octanol–water partition coefficient (Wildman–Crippen LogP) is 2.88. The minimum Gasteiger partial charge on any atom is -0.462 e. The summed E-state index contributed by atoms with van der Waals surface area (Å²) >= 11 is 6.97. The third-order valence-electron chi connectivity index (χ3n) is 4.49. The number of thiophene rings is 1. The van der Waals surface area contributed by atoms with Gasteiger partial charge in [-0.3, -0.25) is 14.5 Å². The van der Waals surface area contributed by atoms with Gasteiger partial charge in [-0.15, -0.1) is 11.3 Å². The highest BCUT2D eigenvalue weighted by molar-refractivity contribution is 7.80. The molecule has 1 saturated heterocycles. The average molecular weight is 432 g/mol. The molecule has 1 N–H and O–H groups in total. The van der Waals surface area contributed by atoms with E-state index in [0.29, 0.717) is 29.5 Å². The minimum absolute atomic E-state index is 0.0195. The van der Waals surface area contributed by atoms with E-state index in [2.05, 4.69) is 5.32 Å². The van der Waals surface area contributed by atoms with Crippen molar-refractivity contribution < 1.29 is 19.1 Å². The topological polar surface area (TPSA) is 78.9 Å². The zero-order valence-corrected chi connectivity index (χ0v) is 17.7. The number of hydrogen-bond acceptors (Lipinski definition) is 6. The third-order valence-corrected chi connectivity index (χ3v) is 5.86. The van der Waals surface area contributed by atoms with E-state index in [0.717, 1.165) is 4.88 Å². The summed E-state index contributed by atoms with van der Waals surface area (Å²) < 4.78 is 4.94. The Labute approximate surface area is 178 Å². The molecule has 9 heteroatoms. The average Bonchev–Trinajstić information content (AvgIpc) is 3.28. The Bertz CT molecular complexity index is 912.